The van der Waals surface area contributed by atoms with Gasteiger partial charge >= 0.3 is 0 Å². The van der Waals surface area contributed by atoms with Crippen LogP contribution in [0.25, 0.3) is 0 Å². The smallest absolute Gasteiger partial charge is 0.149 e. The molecule has 2 aromatic rings. The van der Waals surface area contributed by atoms with Crippen LogP contribution in [-0.4, -0.2) is 6.61 Å². The van der Waals surface area contributed by atoms with Gasteiger partial charge in [0.1, 0.15) is 18.2 Å². The molecule has 0 aliphatic rings. The van der Waals surface area contributed by atoms with Crippen molar-refractivity contribution in [2.24, 2.45) is 5.73 Å². The molecule has 0 radical (unpaired) electrons. The lowest BCUT2D eigenvalue weighted by molar-refractivity contribution is 0.361. The van der Waals surface area contributed by atoms with E-state index < -0.39 is 0 Å². The number of hydrogen-bond acceptors (Lipinski definition) is 2. The van der Waals surface area contributed by atoms with E-state index in [9.17, 15) is 4.39 Å². The SMILES string of the molecule is CC(N)c1ccc(F)cc1OCC#Cc1ccccc1. The Morgan fingerprint density at radius 3 is 2.65 bits per heavy atom. The Bertz CT molecular complexity index is 626. The van der Waals surface area contributed by atoms with Gasteiger partial charge in [0.15, 0.2) is 0 Å². The van der Waals surface area contributed by atoms with Crippen molar-refractivity contribution < 1.29 is 9.13 Å². The Kier molecular flexibility index (Phi) is 4.75. The third kappa shape index (κ3) is 3.84. The number of nitrogens with two attached hydrogens (primary N) is 1. The normalized spacial score (nSPS) is 11.3. The molecule has 20 heavy (non-hydrogen) atoms. The van der Waals surface area contributed by atoms with Crippen molar-refractivity contribution in [2.45, 2.75) is 13.0 Å². The average molecular weight is 269 g/mol. The monoisotopic (exact) mass is 269 g/mol. The van der Waals surface area contributed by atoms with Gasteiger partial charge in [-0.15, -0.1) is 0 Å². The molecule has 0 aliphatic carbocycles. The zero-order valence-electron chi connectivity index (χ0n) is 11.3. The summed E-state index contributed by atoms with van der Waals surface area (Å²) in [6.45, 7) is 2.02. The van der Waals surface area contributed by atoms with Gasteiger partial charge in [-0.05, 0) is 25.1 Å². The lowest BCUT2D eigenvalue weighted by atomic mass is 10.1. The first-order valence-electron chi connectivity index (χ1n) is 6.38. The molecule has 0 saturated heterocycles. The van der Waals surface area contributed by atoms with Gasteiger partial charge in [-0.2, -0.15) is 0 Å². The van der Waals surface area contributed by atoms with Crippen molar-refractivity contribution >= 4 is 0 Å². The minimum atomic E-state index is -0.347. The zero-order chi connectivity index (χ0) is 14.4. The summed E-state index contributed by atoms with van der Waals surface area (Å²) in [5.41, 5.74) is 7.51. The molecule has 2 rings (SSSR count). The first kappa shape index (κ1) is 14.1. The second kappa shape index (κ2) is 6.74. The Labute approximate surface area is 118 Å². The van der Waals surface area contributed by atoms with Gasteiger partial charge in [0.05, 0.1) is 0 Å². The number of rotatable bonds is 3. The van der Waals surface area contributed by atoms with E-state index in [0.29, 0.717) is 5.75 Å². The topological polar surface area (TPSA) is 35.2 Å². The molecule has 0 saturated carbocycles. The molecule has 1 atom stereocenters. The van der Waals surface area contributed by atoms with Gasteiger partial charge in [0.25, 0.3) is 0 Å². The van der Waals surface area contributed by atoms with Crippen LogP contribution in [0, 0.1) is 17.7 Å². The molecule has 2 N–H and O–H groups in total. The number of hydrogen-bond donors (Lipinski definition) is 1. The number of ether oxygens (including phenoxy) is 1. The second-order valence-corrected chi connectivity index (χ2v) is 4.43. The fraction of sp³-hybridized carbons (Fsp3) is 0.176. The molecule has 102 valence electrons. The average Bonchev–Trinajstić information content (AvgIpc) is 2.44. The fourth-order valence-electron chi connectivity index (χ4n) is 1.78. The summed E-state index contributed by atoms with van der Waals surface area (Å²) in [4.78, 5) is 0. The highest BCUT2D eigenvalue weighted by Gasteiger charge is 2.08. The van der Waals surface area contributed by atoms with Crippen LogP contribution in [-0.2, 0) is 0 Å². The van der Waals surface area contributed by atoms with Gasteiger partial charge in [-0.25, -0.2) is 4.39 Å². The lowest BCUT2D eigenvalue weighted by Crippen LogP contribution is -2.08. The van der Waals surface area contributed by atoms with Crippen LogP contribution in [0.1, 0.15) is 24.1 Å². The van der Waals surface area contributed by atoms with E-state index in [-0.39, 0.29) is 18.5 Å². The second-order valence-electron chi connectivity index (χ2n) is 4.43. The minimum absolute atomic E-state index is 0.193. The Morgan fingerprint density at radius 2 is 1.95 bits per heavy atom. The zero-order valence-corrected chi connectivity index (χ0v) is 11.3. The van der Waals surface area contributed by atoms with Crippen molar-refractivity contribution in [3.63, 3.8) is 0 Å². The summed E-state index contributed by atoms with van der Waals surface area (Å²) in [5.74, 6) is 5.98. The maximum atomic E-state index is 13.2. The summed E-state index contributed by atoms with van der Waals surface area (Å²) >= 11 is 0. The van der Waals surface area contributed by atoms with Gasteiger partial charge in [0.2, 0.25) is 0 Å². The Hall–Kier alpha value is -2.31. The maximum absolute atomic E-state index is 13.2. The molecular weight excluding hydrogens is 253 g/mol. The number of halogens is 1. The van der Waals surface area contributed by atoms with Gasteiger partial charge in [0, 0.05) is 23.2 Å². The van der Waals surface area contributed by atoms with E-state index in [2.05, 4.69) is 11.8 Å². The molecule has 1 unspecified atom stereocenters. The molecule has 2 aromatic carbocycles. The number of benzene rings is 2. The van der Waals surface area contributed by atoms with E-state index in [4.69, 9.17) is 10.5 Å². The highest BCUT2D eigenvalue weighted by atomic mass is 19.1. The molecule has 3 heteroatoms. The van der Waals surface area contributed by atoms with Gasteiger partial charge in [-0.3, -0.25) is 0 Å². The molecule has 0 amide bonds. The molecule has 0 bridgehead atoms. The summed E-state index contributed by atoms with van der Waals surface area (Å²) < 4.78 is 18.7. The first-order chi connectivity index (χ1) is 9.66. The first-order valence-corrected chi connectivity index (χ1v) is 6.38. The predicted molar refractivity (Wildman–Crippen MR) is 77.8 cm³/mol. The van der Waals surface area contributed by atoms with Crippen LogP contribution in [0.15, 0.2) is 48.5 Å². The highest BCUT2D eigenvalue weighted by molar-refractivity contribution is 5.37. The molecule has 0 aromatic heterocycles. The lowest BCUT2D eigenvalue weighted by Gasteiger charge is -2.12. The third-order valence-electron chi connectivity index (χ3n) is 2.77. The highest BCUT2D eigenvalue weighted by Crippen LogP contribution is 2.24. The quantitative estimate of drug-likeness (QED) is 0.868. The van der Waals surface area contributed by atoms with Crippen LogP contribution in [0.4, 0.5) is 4.39 Å². The predicted octanol–water partition coefficient (Wildman–Crippen LogP) is 3.28. The van der Waals surface area contributed by atoms with Crippen molar-refractivity contribution in [3.8, 4) is 17.6 Å². The van der Waals surface area contributed by atoms with Crippen LogP contribution in [0.2, 0.25) is 0 Å². The van der Waals surface area contributed by atoms with Crippen LogP contribution >= 0.6 is 0 Å². The summed E-state index contributed by atoms with van der Waals surface area (Å²) in [6, 6.07) is 13.8. The van der Waals surface area contributed by atoms with Crippen molar-refractivity contribution in [1.82, 2.24) is 0 Å². The Balaban J connectivity index is 2.05. The van der Waals surface area contributed by atoms with Crippen molar-refractivity contribution in [3.05, 3.63) is 65.5 Å². The molecule has 0 fully saturated rings. The molecule has 2 nitrogen and oxygen atoms in total. The summed E-state index contributed by atoms with van der Waals surface area (Å²) in [7, 11) is 0. The van der Waals surface area contributed by atoms with E-state index in [1.54, 1.807) is 6.07 Å². The van der Waals surface area contributed by atoms with Crippen LogP contribution in [0.3, 0.4) is 0 Å². The van der Waals surface area contributed by atoms with E-state index >= 15 is 0 Å². The molecule has 0 heterocycles. The van der Waals surface area contributed by atoms with E-state index in [0.717, 1.165) is 11.1 Å². The van der Waals surface area contributed by atoms with E-state index in [1.807, 2.05) is 37.3 Å². The Morgan fingerprint density at radius 1 is 1.20 bits per heavy atom. The standard InChI is InChI=1S/C17H16FNO/c1-13(19)16-10-9-15(18)12-17(16)20-11-5-8-14-6-3-2-4-7-14/h2-4,6-7,9-10,12-13H,11,19H2,1H3. The summed E-state index contributed by atoms with van der Waals surface area (Å²) in [5, 5.41) is 0. The minimum Gasteiger partial charge on any atom is -0.480 e. The third-order valence-corrected chi connectivity index (χ3v) is 2.77. The van der Waals surface area contributed by atoms with Crippen LogP contribution in [0.5, 0.6) is 5.75 Å². The maximum Gasteiger partial charge on any atom is 0.149 e. The van der Waals surface area contributed by atoms with Gasteiger partial charge in [-0.1, -0.05) is 36.1 Å². The van der Waals surface area contributed by atoms with Crippen molar-refractivity contribution in [2.75, 3.05) is 6.61 Å². The van der Waals surface area contributed by atoms with E-state index in [1.165, 1.54) is 12.1 Å². The fourth-order valence-corrected chi connectivity index (χ4v) is 1.78. The molecular formula is C17H16FNO. The van der Waals surface area contributed by atoms with Gasteiger partial charge < -0.3 is 10.5 Å². The molecule has 0 aliphatic heterocycles. The largest absolute Gasteiger partial charge is 0.480 e. The molecule has 0 spiro atoms. The van der Waals surface area contributed by atoms with Crippen molar-refractivity contribution in [1.29, 1.82) is 0 Å². The van der Waals surface area contributed by atoms with Crippen LogP contribution < -0.4 is 10.5 Å². The summed E-state index contributed by atoms with van der Waals surface area (Å²) in [6.07, 6.45) is 0.